The number of hydrogen-bond donors (Lipinski definition) is 1. The molecule has 1 heterocycles. The highest BCUT2D eigenvalue weighted by Crippen LogP contribution is 2.56. The fraction of sp³-hybridized carbons (Fsp3) is 0.500. The molecular weight excluding hydrogens is 394 g/mol. The number of nitro groups is 1. The Hall–Kier alpha value is -3.30. The molecule has 1 aromatic carbocycles. The third-order valence-electron chi connectivity index (χ3n) is 6.36. The Bertz CT molecular complexity index is 932. The summed E-state index contributed by atoms with van der Waals surface area (Å²) in [5, 5.41) is 13.4. The number of imide groups is 1. The number of carbonyl (C=O) groups is 4. The topological polar surface area (TPSA) is 136 Å². The van der Waals surface area contributed by atoms with Crippen molar-refractivity contribution in [3.63, 3.8) is 0 Å². The standard InChI is InChI=1S/C20H21N3O7/c1-10-2-5-13(7-14(10)23(28)29)21-15(24)9-30-16(25)8-22-19(26)17-11-3-4-12(6-11)18(17)20(22)27/h2,5,7,11-12,17-18H,3-4,6,8-9H2,1H3,(H,21,24)/t11-,12-,17+,18+/m0/s1. The maximum Gasteiger partial charge on any atom is 0.326 e. The van der Waals surface area contributed by atoms with Crippen LogP contribution in [0.5, 0.6) is 0 Å². The molecule has 4 rings (SSSR count). The average molecular weight is 415 g/mol. The summed E-state index contributed by atoms with van der Waals surface area (Å²) < 4.78 is 4.90. The van der Waals surface area contributed by atoms with Gasteiger partial charge in [0.25, 0.3) is 11.6 Å². The average Bonchev–Trinajstić information content (AvgIpc) is 3.38. The van der Waals surface area contributed by atoms with Crippen LogP contribution in [0.3, 0.4) is 0 Å². The molecule has 158 valence electrons. The third kappa shape index (κ3) is 3.42. The second-order valence-electron chi connectivity index (χ2n) is 8.11. The van der Waals surface area contributed by atoms with E-state index in [1.165, 1.54) is 18.2 Å². The highest BCUT2D eigenvalue weighted by molar-refractivity contribution is 6.08. The van der Waals surface area contributed by atoms with Crippen LogP contribution in [-0.2, 0) is 23.9 Å². The predicted molar refractivity (Wildman–Crippen MR) is 102 cm³/mol. The number of likely N-dealkylation sites (tertiary alicyclic amines) is 1. The molecule has 0 spiro atoms. The fourth-order valence-corrected chi connectivity index (χ4v) is 5.03. The third-order valence-corrected chi connectivity index (χ3v) is 6.36. The van der Waals surface area contributed by atoms with Crippen LogP contribution in [0.2, 0.25) is 0 Å². The van der Waals surface area contributed by atoms with Gasteiger partial charge >= 0.3 is 5.97 Å². The molecule has 3 amide bonds. The minimum atomic E-state index is -0.853. The van der Waals surface area contributed by atoms with E-state index in [9.17, 15) is 29.3 Å². The number of nitrogens with one attached hydrogen (secondary N) is 1. The normalized spacial score (nSPS) is 26.6. The zero-order valence-corrected chi connectivity index (χ0v) is 16.3. The van der Waals surface area contributed by atoms with Crippen LogP contribution in [0.4, 0.5) is 11.4 Å². The molecule has 2 saturated carbocycles. The lowest BCUT2D eigenvalue weighted by molar-refractivity contribution is -0.385. The molecule has 30 heavy (non-hydrogen) atoms. The summed E-state index contributed by atoms with van der Waals surface area (Å²) in [6, 6.07) is 4.20. The zero-order valence-electron chi connectivity index (χ0n) is 16.3. The number of nitrogens with zero attached hydrogens (tertiary/aromatic N) is 2. The summed E-state index contributed by atoms with van der Waals surface area (Å²) >= 11 is 0. The Labute approximate surface area is 171 Å². The number of ether oxygens (including phenoxy) is 1. The number of carbonyl (C=O) groups excluding carboxylic acids is 4. The van der Waals surface area contributed by atoms with Crippen LogP contribution in [-0.4, -0.2) is 46.7 Å². The number of esters is 1. The molecule has 1 N–H and O–H groups in total. The van der Waals surface area contributed by atoms with Crippen LogP contribution in [0.1, 0.15) is 24.8 Å². The lowest BCUT2D eigenvalue weighted by atomic mass is 9.81. The molecule has 2 aliphatic carbocycles. The summed E-state index contributed by atoms with van der Waals surface area (Å²) in [6.45, 7) is 0.439. The first-order chi connectivity index (χ1) is 14.3. The molecular formula is C20H21N3O7. The van der Waals surface area contributed by atoms with Gasteiger partial charge < -0.3 is 10.1 Å². The number of hydrogen-bond acceptors (Lipinski definition) is 7. The minimum Gasteiger partial charge on any atom is -0.454 e. The van der Waals surface area contributed by atoms with Gasteiger partial charge in [-0.3, -0.25) is 34.2 Å². The first-order valence-electron chi connectivity index (χ1n) is 9.82. The Morgan fingerprint density at radius 3 is 2.43 bits per heavy atom. The summed E-state index contributed by atoms with van der Waals surface area (Å²) in [6.07, 6.45) is 2.80. The highest BCUT2D eigenvalue weighted by atomic mass is 16.6. The number of amides is 3. The van der Waals surface area contributed by atoms with E-state index in [0.717, 1.165) is 24.2 Å². The van der Waals surface area contributed by atoms with Gasteiger partial charge in [-0.1, -0.05) is 6.07 Å². The predicted octanol–water partition coefficient (Wildman–Crippen LogP) is 1.42. The molecule has 4 atom stereocenters. The summed E-state index contributed by atoms with van der Waals surface area (Å²) in [5.41, 5.74) is 0.500. The molecule has 0 unspecified atom stereocenters. The van der Waals surface area contributed by atoms with Gasteiger partial charge in [-0.15, -0.1) is 0 Å². The van der Waals surface area contributed by atoms with Gasteiger partial charge in [-0.2, -0.15) is 0 Å². The lowest BCUT2D eigenvalue weighted by Gasteiger charge is -2.19. The van der Waals surface area contributed by atoms with E-state index >= 15 is 0 Å². The first kappa shape index (κ1) is 20.0. The molecule has 1 aromatic rings. The molecule has 0 aromatic heterocycles. The van der Waals surface area contributed by atoms with Crippen molar-refractivity contribution in [1.82, 2.24) is 4.90 Å². The van der Waals surface area contributed by atoms with Crippen LogP contribution < -0.4 is 5.32 Å². The van der Waals surface area contributed by atoms with Crippen LogP contribution >= 0.6 is 0 Å². The number of anilines is 1. The zero-order chi connectivity index (χ0) is 21.6. The number of benzene rings is 1. The maximum absolute atomic E-state index is 12.6. The van der Waals surface area contributed by atoms with E-state index in [2.05, 4.69) is 5.32 Å². The largest absolute Gasteiger partial charge is 0.454 e. The van der Waals surface area contributed by atoms with Crippen molar-refractivity contribution in [2.75, 3.05) is 18.5 Å². The fourth-order valence-electron chi connectivity index (χ4n) is 5.03. The monoisotopic (exact) mass is 415 g/mol. The van der Waals surface area contributed by atoms with Crippen molar-refractivity contribution < 1.29 is 28.8 Å². The van der Waals surface area contributed by atoms with E-state index in [4.69, 9.17) is 4.74 Å². The Kier molecular flexibility index (Phi) is 5.00. The van der Waals surface area contributed by atoms with Crippen LogP contribution in [0.25, 0.3) is 0 Å². The van der Waals surface area contributed by atoms with Crippen LogP contribution in [0, 0.1) is 40.7 Å². The molecule has 1 saturated heterocycles. The molecule has 1 aliphatic heterocycles. The Morgan fingerprint density at radius 1 is 1.20 bits per heavy atom. The van der Waals surface area contributed by atoms with Crippen LogP contribution in [0.15, 0.2) is 18.2 Å². The van der Waals surface area contributed by atoms with Crippen molar-refractivity contribution in [2.24, 2.45) is 23.7 Å². The van der Waals surface area contributed by atoms with Crippen molar-refractivity contribution >= 4 is 35.1 Å². The van der Waals surface area contributed by atoms with Gasteiger partial charge in [0, 0.05) is 17.3 Å². The van der Waals surface area contributed by atoms with E-state index in [-0.39, 0.29) is 46.9 Å². The van der Waals surface area contributed by atoms with Gasteiger partial charge in [-0.25, -0.2) is 0 Å². The minimum absolute atomic E-state index is 0.143. The lowest BCUT2D eigenvalue weighted by Crippen LogP contribution is -2.38. The second kappa shape index (κ2) is 7.51. The number of rotatable bonds is 6. The van der Waals surface area contributed by atoms with E-state index in [1.54, 1.807) is 6.92 Å². The van der Waals surface area contributed by atoms with Crippen molar-refractivity contribution in [2.45, 2.75) is 26.2 Å². The highest BCUT2D eigenvalue weighted by Gasteiger charge is 2.61. The molecule has 3 aliphatic rings. The quantitative estimate of drug-likeness (QED) is 0.321. The summed E-state index contributed by atoms with van der Waals surface area (Å²) in [4.78, 5) is 60.6. The van der Waals surface area contributed by atoms with Gasteiger partial charge in [-0.05, 0) is 44.1 Å². The Morgan fingerprint density at radius 2 is 1.83 bits per heavy atom. The number of nitro benzene ring substituents is 1. The molecule has 3 fully saturated rings. The maximum atomic E-state index is 12.6. The summed E-state index contributed by atoms with van der Waals surface area (Å²) in [7, 11) is 0. The SMILES string of the molecule is Cc1ccc(NC(=O)COC(=O)CN2C(=O)[C@@H]3[C@H]4CC[C@@H](C4)[C@H]3C2=O)cc1[N+](=O)[O-]. The van der Waals surface area contributed by atoms with Gasteiger partial charge in [0.1, 0.15) is 6.54 Å². The molecule has 2 bridgehead atoms. The van der Waals surface area contributed by atoms with Crippen molar-refractivity contribution in [1.29, 1.82) is 0 Å². The van der Waals surface area contributed by atoms with Gasteiger partial charge in [0.2, 0.25) is 11.8 Å². The number of aryl methyl sites for hydroxylation is 1. The summed E-state index contributed by atoms with van der Waals surface area (Å²) in [5.74, 6) is -2.35. The van der Waals surface area contributed by atoms with Gasteiger partial charge in [0.15, 0.2) is 6.61 Å². The van der Waals surface area contributed by atoms with E-state index in [1.807, 2.05) is 0 Å². The van der Waals surface area contributed by atoms with Crippen molar-refractivity contribution in [3.8, 4) is 0 Å². The molecule has 10 heteroatoms. The number of fused-ring (bicyclic) bond motifs is 5. The molecule has 0 radical (unpaired) electrons. The molecule has 10 nitrogen and oxygen atoms in total. The van der Waals surface area contributed by atoms with Crippen molar-refractivity contribution in [3.05, 3.63) is 33.9 Å². The second-order valence-corrected chi connectivity index (χ2v) is 8.11. The van der Waals surface area contributed by atoms with E-state index < -0.39 is 30.0 Å². The Balaban J connectivity index is 1.30. The first-order valence-corrected chi connectivity index (χ1v) is 9.82. The van der Waals surface area contributed by atoms with E-state index in [0.29, 0.717) is 5.56 Å². The van der Waals surface area contributed by atoms with Gasteiger partial charge in [0.05, 0.1) is 16.8 Å². The smallest absolute Gasteiger partial charge is 0.326 e.